The third-order valence-corrected chi connectivity index (χ3v) is 7.32. The maximum absolute atomic E-state index is 12.9. The summed E-state index contributed by atoms with van der Waals surface area (Å²) in [6.07, 6.45) is 5.88. The van der Waals surface area contributed by atoms with Crippen LogP contribution in [-0.2, 0) is 24.4 Å². The summed E-state index contributed by atoms with van der Waals surface area (Å²) in [5.41, 5.74) is 4.62. The van der Waals surface area contributed by atoms with Crippen LogP contribution < -0.4 is 5.32 Å². The molecule has 190 valence electrons. The number of nitrogens with one attached hydrogen (secondary N) is 1. The van der Waals surface area contributed by atoms with Gasteiger partial charge in [-0.25, -0.2) is 0 Å². The highest BCUT2D eigenvalue weighted by Gasteiger charge is 2.27. The van der Waals surface area contributed by atoms with Gasteiger partial charge in [-0.3, -0.25) is 14.6 Å². The zero-order valence-electron chi connectivity index (χ0n) is 21.3. The highest BCUT2D eigenvalue weighted by Crippen LogP contribution is 2.21. The molecule has 36 heavy (non-hydrogen) atoms. The highest BCUT2D eigenvalue weighted by atomic mass is 16.5. The maximum Gasteiger partial charge on any atom is 0.241 e. The van der Waals surface area contributed by atoms with E-state index in [1.807, 2.05) is 12.1 Å². The Labute approximate surface area is 213 Å². The number of carbonyl (C=O) groups excluding carboxylic acids is 1. The average molecular weight is 488 g/mol. The quantitative estimate of drug-likeness (QED) is 0.502. The fourth-order valence-corrected chi connectivity index (χ4v) is 5.30. The van der Waals surface area contributed by atoms with Crippen molar-refractivity contribution in [2.24, 2.45) is 5.92 Å². The molecule has 1 N–H and O–H groups in total. The molecule has 2 aliphatic rings. The maximum atomic E-state index is 12.9. The van der Waals surface area contributed by atoms with Crippen molar-refractivity contribution in [3.63, 3.8) is 0 Å². The number of rotatable bonds is 8. The molecule has 5 rings (SSSR count). The van der Waals surface area contributed by atoms with Crippen LogP contribution in [0.4, 0.5) is 0 Å². The van der Waals surface area contributed by atoms with Gasteiger partial charge in [0.25, 0.3) is 0 Å². The van der Waals surface area contributed by atoms with Gasteiger partial charge >= 0.3 is 0 Å². The minimum absolute atomic E-state index is 0.0173. The Balaban J connectivity index is 1.09. The number of carbonyl (C=O) groups is 1. The number of hydrogen-bond acceptors (Lipinski definition) is 6. The van der Waals surface area contributed by atoms with Crippen LogP contribution in [0.25, 0.3) is 11.4 Å². The predicted octanol–water partition coefficient (Wildman–Crippen LogP) is 4.56. The molecular weight excluding hydrogens is 450 g/mol. The molecule has 1 atom stereocenters. The SMILES string of the molecule is Cc1cccc(-c2noc(CN3CCCC(C(=O)NCc4ccc(CN5CCCCC5)cc4)C3)n2)c1. The molecule has 1 unspecified atom stereocenters. The lowest BCUT2D eigenvalue weighted by Crippen LogP contribution is -2.42. The number of benzene rings is 2. The van der Waals surface area contributed by atoms with Crippen LogP contribution in [-0.4, -0.2) is 52.0 Å². The topological polar surface area (TPSA) is 74.5 Å². The number of hydrogen-bond donors (Lipinski definition) is 1. The van der Waals surface area contributed by atoms with Gasteiger partial charge in [-0.2, -0.15) is 4.98 Å². The van der Waals surface area contributed by atoms with Gasteiger partial charge < -0.3 is 9.84 Å². The average Bonchev–Trinajstić information content (AvgIpc) is 3.37. The van der Waals surface area contributed by atoms with Gasteiger partial charge in [-0.05, 0) is 69.4 Å². The minimum Gasteiger partial charge on any atom is -0.352 e. The Hall–Kier alpha value is -3.03. The van der Waals surface area contributed by atoms with Crippen molar-refractivity contribution < 1.29 is 9.32 Å². The van der Waals surface area contributed by atoms with Crippen LogP contribution in [0.3, 0.4) is 0 Å². The molecule has 0 spiro atoms. The zero-order chi connectivity index (χ0) is 24.7. The number of likely N-dealkylation sites (tertiary alicyclic amines) is 2. The van der Waals surface area contributed by atoms with Crippen LogP contribution >= 0.6 is 0 Å². The van der Waals surface area contributed by atoms with Crippen molar-refractivity contribution in [2.75, 3.05) is 26.2 Å². The molecule has 0 radical (unpaired) electrons. The highest BCUT2D eigenvalue weighted by molar-refractivity contribution is 5.79. The number of piperidine rings is 2. The molecule has 2 aromatic carbocycles. The van der Waals surface area contributed by atoms with Gasteiger partial charge in [0.1, 0.15) is 0 Å². The molecule has 1 amide bonds. The predicted molar refractivity (Wildman–Crippen MR) is 140 cm³/mol. The Morgan fingerprint density at radius 2 is 1.75 bits per heavy atom. The number of aromatic nitrogens is 2. The lowest BCUT2D eigenvalue weighted by Gasteiger charge is -2.30. The molecule has 2 saturated heterocycles. The first kappa shape index (κ1) is 24.7. The second-order valence-corrected chi connectivity index (χ2v) is 10.3. The van der Waals surface area contributed by atoms with Crippen molar-refractivity contribution in [2.45, 2.75) is 58.7 Å². The summed E-state index contributed by atoms with van der Waals surface area (Å²) < 4.78 is 5.51. The summed E-state index contributed by atoms with van der Waals surface area (Å²) in [5.74, 6) is 1.32. The first-order chi connectivity index (χ1) is 17.6. The van der Waals surface area contributed by atoms with E-state index in [0.717, 1.165) is 42.6 Å². The Morgan fingerprint density at radius 3 is 2.56 bits per heavy atom. The van der Waals surface area contributed by atoms with E-state index in [1.54, 1.807) is 0 Å². The molecule has 1 aromatic heterocycles. The van der Waals surface area contributed by atoms with Crippen LogP contribution in [0.15, 0.2) is 53.1 Å². The van der Waals surface area contributed by atoms with Crippen molar-refractivity contribution in [1.29, 1.82) is 0 Å². The van der Waals surface area contributed by atoms with Gasteiger partial charge in [0, 0.05) is 25.2 Å². The fourth-order valence-electron chi connectivity index (χ4n) is 5.30. The standard InChI is InChI=1S/C29H37N5O2/c1-22-7-5-8-25(17-22)28-31-27(36-32-28)21-34-16-6-9-26(20-34)29(35)30-18-23-10-12-24(13-11-23)19-33-14-3-2-4-15-33/h5,7-8,10-13,17,26H,2-4,6,9,14-16,18-21H2,1H3,(H,30,35). The lowest BCUT2D eigenvalue weighted by molar-refractivity contribution is -0.127. The van der Waals surface area contributed by atoms with E-state index in [2.05, 4.69) is 68.6 Å². The van der Waals surface area contributed by atoms with E-state index in [0.29, 0.717) is 31.3 Å². The summed E-state index contributed by atoms with van der Waals surface area (Å²) in [4.78, 5) is 22.3. The molecule has 3 heterocycles. The molecule has 0 bridgehead atoms. The molecule has 7 nitrogen and oxygen atoms in total. The van der Waals surface area contributed by atoms with E-state index in [9.17, 15) is 4.79 Å². The number of nitrogens with zero attached hydrogens (tertiary/aromatic N) is 4. The van der Waals surface area contributed by atoms with Crippen LogP contribution in [0.1, 0.15) is 54.7 Å². The summed E-state index contributed by atoms with van der Waals surface area (Å²) in [5, 5.41) is 7.31. The van der Waals surface area contributed by atoms with E-state index in [-0.39, 0.29) is 11.8 Å². The van der Waals surface area contributed by atoms with E-state index in [4.69, 9.17) is 4.52 Å². The summed E-state index contributed by atoms with van der Waals surface area (Å²) in [7, 11) is 0. The molecule has 3 aromatic rings. The van der Waals surface area contributed by atoms with Crippen molar-refractivity contribution in [3.8, 4) is 11.4 Å². The lowest BCUT2D eigenvalue weighted by atomic mass is 9.97. The first-order valence-electron chi connectivity index (χ1n) is 13.3. The second kappa shape index (κ2) is 11.8. The summed E-state index contributed by atoms with van der Waals surface area (Å²) >= 11 is 0. The smallest absolute Gasteiger partial charge is 0.241 e. The van der Waals surface area contributed by atoms with Crippen LogP contribution in [0, 0.1) is 12.8 Å². The summed E-state index contributed by atoms with van der Waals surface area (Å²) in [6, 6.07) is 16.8. The normalized spacial score (nSPS) is 19.3. The van der Waals surface area contributed by atoms with Crippen LogP contribution in [0.5, 0.6) is 0 Å². The molecule has 0 saturated carbocycles. The van der Waals surface area contributed by atoms with Gasteiger partial charge in [-0.1, -0.05) is 59.6 Å². The van der Waals surface area contributed by atoms with Gasteiger partial charge in [0.2, 0.25) is 17.6 Å². The monoisotopic (exact) mass is 487 g/mol. The largest absolute Gasteiger partial charge is 0.352 e. The summed E-state index contributed by atoms with van der Waals surface area (Å²) in [6.45, 7) is 8.27. The molecule has 7 heteroatoms. The minimum atomic E-state index is -0.0173. The number of amides is 1. The molecule has 2 aliphatic heterocycles. The Morgan fingerprint density at radius 1 is 0.972 bits per heavy atom. The third kappa shape index (κ3) is 6.59. The first-order valence-corrected chi connectivity index (χ1v) is 13.3. The fraction of sp³-hybridized carbons (Fsp3) is 0.483. The van der Waals surface area contributed by atoms with Crippen molar-refractivity contribution in [1.82, 2.24) is 25.3 Å². The zero-order valence-corrected chi connectivity index (χ0v) is 21.3. The van der Waals surface area contributed by atoms with E-state index < -0.39 is 0 Å². The van der Waals surface area contributed by atoms with Gasteiger partial charge in [0.15, 0.2) is 0 Å². The number of aryl methyl sites for hydroxylation is 1. The van der Waals surface area contributed by atoms with E-state index >= 15 is 0 Å². The van der Waals surface area contributed by atoms with Gasteiger partial charge in [0.05, 0.1) is 12.5 Å². The van der Waals surface area contributed by atoms with Gasteiger partial charge in [-0.15, -0.1) is 0 Å². The van der Waals surface area contributed by atoms with Crippen molar-refractivity contribution in [3.05, 3.63) is 71.1 Å². The molecule has 2 fully saturated rings. The van der Waals surface area contributed by atoms with E-state index in [1.165, 1.54) is 37.9 Å². The molecular formula is C29H37N5O2. The van der Waals surface area contributed by atoms with Crippen molar-refractivity contribution >= 4 is 5.91 Å². The second-order valence-electron chi connectivity index (χ2n) is 10.3. The van der Waals surface area contributed by atoms with Crippen LogP contribution in [0.2, 0.25) is 0 Å². The Kier molecular flexibility index (Phi) is 8.08. The molecule has 0 aliphatic carbocycles. The Bertz CT molecular complexity index is 1140. The third-order valence-electron chi connectivity index (χ3n) is 7.32.